The predicted octanol–water partition coefficient (Wildman–Crippen LogP) is 2.43. The predicted molar refractivity (Wildman–Crippen MR) is 87.4 cm³/mol. The van der Waals surface area contributed by atoms with Crippen molar-refractivity contribution in [1.82, 2.24) is 20.1 Å². The Morgan fingerprint density at radius 2 is 2.23 bits per heavy atom. The normalized spacial score (nSPS) is 12.0. The number of halogens is 1. The van der Waals surface area contributed by atoms with Gasteiger partial charge in [-0.05, 0) is 25.1 Å². The van der Waals surface area contributed by atoms with E-state index in [-0.39, 0.29) is 11.8 Å². The standard InChI is InChI=1S/C15H20ClN5O/c1-4-17-13-6-5-11(16)7-12(13)15(22)18-8-10(2)14-20-19-9-21(14)3/h5-7,9-10,17H,4,8H2,1-3H3,(H,18,22). The average molecular weight is 322 g/mol. The molecule has 0 fully saturated rings. The summed E-state index contributed by atoms with van der Waals surface area (Å²) in [5, 5.41) is 14.5. The smallest absolute Gasteiger partial charge is 0.253 e. The van der Waals surface area contributed by atoms with Crippen LogP contribution in [0.1, 0.15) is 35.9 Å². The Balaban J connectivity index is 2.06. The van der Waals surface area contributed by atoms with E-state index in [0.29, 0.717) is 17.1 Å². The van der Waals surface area contributed by atoms with Crippen molar-refractivity contribution >= 4 is 23.2 Å². The fourth-order valence-electron chi connectivity index (χ4n) is 2.22. The molecule has 0 radical (unpaired) electrons. The Bertz CT molecular complexity index is 655. The van der Waals surface area contributed by atoms with Crippen LogP contribution in [-0.2, 0) is 7.05 Å². The van der Waals surface area contributed by atoms with Crippen LogP contribution in [0.3, 0.4) is 0 Å². The number of nitrogens with zero attached hydrogens (tertiary/aromatic N) is 3. The van der Waals surface area contributed by atoms with E-state index in [1.165, 1.54) is 0 Å². The van der Waals surface area contributed by atoms with Crippen molar-refractivity contribution in [3.63, 3.8) is 0 Å². The Kier molecular flexibility index (Phi) is 5.38. The SMILES string of the molecule is CCNc1ccc(Cl)cc1C(=O)NCC(C)c1nncn1C. The summed E-state index contributed by atoms with van der Waals surface area (Å²) in [5.74, 6) is 0.740. The van der Waals surface area contributed by atoms with Crippen molar-refractivity contribution in [2.75, 3.05) is 18.4 Å². The quantitative estimate of drug-likeness (QED) is 0.857. The molecule has 118 valence electrons. The maximum atomic E-state index is 12.4. The summed E-state index contributed by atoms with van der Waals surface area (Å²) in [7, 11) is 1.88. The second kappa shape index (κ2) is 7.26. The number of amides is 1. The van der Waals surface area contributed by atoms with Crippen LogP contribution in [0.15, 0.2) is 24.5 Å². The molecular weight excluding hydrogens is 302 g/mol. The van der Waals surface area contributed by atoms with E-state index >= 15 is 0 Å². The highest BCUT2D eigenvalue weighted by Crippen LogP contribution is 2.21. The van der Waals surface area contributed by atoms with Gasteiger partial charge in [-0.1, -0.05) is 18.5 Å². The summed E-state index contributed by atoms with van der Waals surface area (Å²) >= 11 is 6.00. The minimum Gasteiger partial charge on any atom is -0.385 e. The summed E-state index contributed by atoms with van der Waals surface area (Å²) in [6, 6.07) is 5.24. The molecule has 1 atom stereocenters. The second-order valence-corrected chi connectivity index (χ2v) is 5.57. The Morgan fingerprint density at radius 3 is 2.86 bits per heavy atom. The van der Waals surface area contributed by atoms with Crippen LogP contribution in [0.4, 0.5) is 5.69 Å². The summed E-state index contributed by atoms with van der Waals surface area (Å²) in [4.78, 5) is 12.4. The number of carbonyl (C=O) groups is 1. The maximum absolute atomic E-state index is 12.4. The molecule has 0 saturated heterocycles. The maximum Gasteiger partial charge on any atom is 0.253 e. The van der Waals surface area contributed by atoms with Gasteiger partial charge in [-0.2, -0.15) is 0 Å². The first kappa shape index (κ1) is 16.3. The molecule has 1 amide bonds. The van der Waals surface area contributed by atoms with Gasteiger partial charge in [-0.3, -0.25) is 4.79 Å². The number of rotatable bonds is 6. The zero-order valence-corrected chi connectivity index (χ0v) is 13.7. The molecule has 0 aliphatic carbocycles. The van der Waals surface area contributed by atoms with Crippen LogP contribution >= 0.6 is 11.6 Å². The van der Waals surface area contributed by atoms with Crippen LogP contribution in [-0.4, -0.2) is 33.8 Å². The van der Waals surface area contributed by atoms with E-state index in [9.17, 15) is 4.79 Å². The minimum absolute atomic E-state index is 0.0678. The van der Waals surface area contributed by atoms with Crippen LogP contribution in [0, 0.1) is 0 Å². The molecule has 1 heterocycles. The number of aromatic nitrogens is 3. The van der Waals surface area contributed by atoms with Gasteiger partial charge in [-0.25, -0.2) is 0 Å². The molecule has 0 aliphatic rings. The lowest BCUT2D eigenvalue weighted by Crippen LogP contribution is -2.29. The van der Waals surface area contributed by atoms with E-state index in [1.807, 2.05) is 31.5 Å². The number of nitrogens with one attached hydrogen (secondary N) is 2. The van der Waals surface area contributed by atoms with Crippen LogP contribution < -0.4 is 10.6 Å². The molecule has 1 unspecified atom stereocenters. The van der Waals surface area contributed by atoms with Gasteiger partial charge < -0.3 is 15.2 Å². The summed E-state index contributed by atoms with van der Waals surface area (Å²) in [6.45, 7) is 5.18. The second-order valence-electron chi connectivity index (χ2n) is 5.13. The number of aryl methyl sites for hydroxylation is 1. The monoisotopic (exact) mass is 321 g/mol. The molecule has 0 bridgehead atoms. The zero-order chi connectivity index (χ0) is 16.1. The molecule has 7 heteroatoms. The molecule has 1 aromatic heterocycles. The number of hydrogen-bond donors (Lipinski definition) is 2. The van der Waals surface area contributed by atoms with Crippen LogP contribution in [0.25, 0.3) is 0 Å². The van der Waals surface area contributed by atoms with Gasteiger partial charge in [0.05, 0.1) is 5.56 Å². The number of carbonyl (C=O) groups excluding carboxylic acids is 1. The Labute approximate surface area is 134 Å². The van der Waals surface area contributed by atoms with Crippen molar-refractivity contribution < 1.29 is 4.79 Å². The largest absolute Gasteiger partial charge is 0.385 e. The molecule has 6 nitrogen and oxygen atoms in total. The molecule has 1 aromatic carbocycles. The molecule has 22 heavy (non-hydrogen) atoms. The first-order valence-electron chi connectivity index (χ1n) is 7.18. The molecule has 2 aromatic rings. The van der Waals surface area contributed by atoms with Gasteiger partial charge in [0.1, 0.15) is 12.2 Å². The molecule has 0 spiro atoms. The first-order chi connectivity index (χ1) is 10.5. The van der Waals surface area contributed by atoms with Crippen molar-refractivity contribution in [2.45, 2.75) is 19.8 Å². The third-order valence-corrected chi connectivity index (χ3v) is 3.58. The lowest BCUT2D eigenvalue weighted by atomic mass is 10.1. The van der Waals surface area contributed by atoms with Gasteiger partial charge in [0.15, 0.2) is 0 Å². The third kappa shape index (κ3) is 3.76. The van der Waals surface area contributed by atoms with Crippen LogP contribution in [0.2, 0.25) is 5.02 Å². The van der Waals surface area contributed by atoms with Gasteiger partial charge >= 0.3 is 0 Å². The highest BCUT2D eigenvalue weighted by Gasteiger charge is 2.16. The van der Waals surface area contributed by atoms with Gasteiger partial charge in [0.25, 0.3) is 5.91 Å². The van der Waals surface area contributed by atoms with Gasteiger partial charge in [-0.15, -0.1) is 10.2 Å². The van der Waals surface area contributed by atoms with Crippen molar-refractivity contribution in [3.8, 4) is 0 Å². The lowest BCUT2D eigenvalue weighted by Gasteiger charge is -2.14. The summed E-state index contributed by atoms with van der Waals surface area (Å²) in [6.07, 6.45) is 1.65. The van der Waals surface area contributed by atoms with Gasteiger partial charge in [0.2, 0.25) is 0 Å². The zero-order valence-electron chi connectivity index (χ0n) is 12.9. The average Bonchev–Trinajstić information content (AvgIpc) is 2.92. The highest BCUT2D eigenvalue weighted by molar-refractivity contribution is 6.31. The van der Waals surface area contributed by atoms with E-state index in [4.69, 9.17) is 11.6 Å². The fourth-order valence-corrected chi connectivity index (χ4v) is 2.39. The van der Waals surface area contributed by atoms with E-state index < -0.39 is 0 Å². The third-order valence-electron chi connectivity index (χ3n) is 3.35. The fraction of sp³-hybridized carbons (Fsp3) is 0.400. The Hall–Kier alpha value is -2.08. The number of benzene rings is 1. The number of anilines is 1. The van der Waals surface area contributed by atoms with Gasteiger partial charge in [0, 0.05) is 36.8 Å². The molecule has 0 saturated carbocycles. The summed E-state index contributed by atoms with van der Waals surface area (Å²) in [5.41, 5.74) is 1.32. The molecular formula is C15H20ClN5O. The number of hydrogen-bond acceptors (Lipinski definition) is 4. The van der Waals surface area contributed by atoms with E-state index in [2.05, 4.69) is 20.8 Å². The lowest BCUT2D eigenvalue weighted by molar-refractivity contribution is 0.0952. The first-order valence-corrected chi connectivity index (χ1v) is 7.56. The topological polar surface area (TPSA) is 71.8 Å². The highest BCUT2D eigenvalue weighted by atomic mass is 35.5. The van der Waals surface area contributed by atoms with E-state index in [0.717, 1.165) is 18.1 Å². The van der Waals surface area contributed by atoms with E-state index in [1.54, 1.807) is 18.5 Å². The molecule has 2 rings (SSSR count). The minimum atomic E-state index is -0.160. The van der Waals surface area contributed by atoms with Crippen LogP contribution in [0.5, 0.6) is 0 Å². The van der Waals surface area contributed by atoms with Crippen molar-refractivity contribution in [1.29, 1.82) is 0 Å². The Morgan fingerprint density at radius 1 is 1.45 bits per heavy atom. The van der Waals surface area contributed by atoms with Crippen molar-refractivity contribution in [2.24, 2.45) is 7.05 Å². The van der Waals surface area contributed by atoms with Crippen molar-refractivity contribution in [3.05, 3.63) is 40.9 Å². The molecule has 2 N–H and O–H groups in total. The summed E-state index contributed by atoms with van der Waals surface area (Å²) < 4.78 is 1.85. The molecule has 0 aliphatic heterocycles.